The van der Waals surface area contributed by atoms with E-state index >= 15 is 0 Å². The second-order valence-electron chi connectivity index (χ2n) is 3.41. The zero-order chi connectivity index (χ0) is 12.0. The van der Waals surface area contributed by atoms with Crippen molar-refractivity contribution in [3.63, 3.8) is 0 Å². The van der Waals surface area contributed by atoms with Gasteiger partial charge in [0.25, 0.3) is 0 Å². The van der Waals surface area contributed by atoms with Gasteiger partial charge in [-0.3, -0.25) is 9.52 Å². The number of amides is 1. The van der Waals surface area contributed by atoms with Crippen LogP contribution >= 0.6 is 0 Å². The van der Waals surface area contributed by atoms with Crippen LogP contribution < -0.4 is 4.72 Å². The van der Waals surface area contributed by atoms with Crippen molar-refractivity contribution in [2.24, 2.45) is 0 Å². The molecule has 0 fully saturated rings. The molecule has 0 heterocycles. The molecule has 0 aliphatic rings. The van der Waals surface area contributed by atoms with Gasteiger partial charge in [-0.25, -0.2) is 8.42 Å². The van der Waals surface area contributed by atoms with Gasteiger partial charge in [-0.1, -0.05) is 30.3 Å². The molecule has 0 aliphatic carbocycles. The molecule has 0 unspecified atom stereocenters. The first-order valence-corrected chi connectivity index (χ1v) is 6.76. The molecule has 0 saturated heterocycles. The minimum Gasteiger partial charge on any atom is -0.274 e. The third-order valence-electron chi connectivity index (χ3n) is 2.13. The number of carbonyl (C=O) groups excluding carboxylic acids is 1. The highest BCUT2D eigenvalue weighted by Crippen LogP contribution is 2.02. The second-order valence-corrected chi connectivity index (χ2v) is 5.43. The van der Waals surface area contributed by atoms with Crippen LogP contribution in [0, 0.1) is 0 Å². The lowest BCUT2D eigenvalue weighted by Gasteiger charge is -2.04. The Balaban J connectivity index is 0.00000256. The molecule has 5 heteroatoms. The fraction of sp³-hybridized carbons (Fsp3) is 0.364. The van der Waals surface area contributed by atoms with E-state index in [0.717, 1.165) is 5.56 Å². The summed E-state index contributed by atoms with van der Waals surface area (Å²) in [6.07, 6.45) is 0.731. The average Bonchev–Trinajstić information content (AvgIpc) is 2.27. The third-order valence-corrected chi connectivity index (χ3v) is 3.43. The van der Waals surface area contributed by atoms with E-state index < -0.39 is 15.9 Å². The molecule has 4 nitrogen and oxygen atoms in total. The van der Waals surface area contributed by atoms with Crippen LogP contribution in [0.2, 0.25) is 0 Å². The molecule has 1 aromatic carbocycles. The predicted molar refractivity (Wildman–Crippen MR) is 64.5 cm³/mol. The molecule has 0 aromatic heterocycles. The zero-order valence-corrected chi connectivity index (χ0v) is 9.96. The highest BCUT2D eigenvalue weighted by molar-refractivity contribution is 7.90. The maximum absolute atomic E-state index is 11.3. The normalized spacial score (nSPS) is 11.1. The van der Waals surface area contributed by atoms with Crippen molar-refractivity contribution in [3.05, 3.63) is 35.9 Å². The summed E-state index contributed by atoms with van der Waals surface area (Å²) in [6.45, 7) is 1.49. The first-order chi connectivity index (χ1) is 7.53. The molecule has 0 radical (unpaired) electrons. The monoisotopic (exact) mass is 243 g/mol. The standard InChI is InChI=1S/C11H15NO3S.H2/c1-2-16(14,15)12-11(13)9-8-10-6-4-3-5-7-10;/h3-7H,2,8-9H2,1H3,(H,12,13);1H. The summed E-state index contributed by atoms with van der Waals surface area (Å²) in [5.41, 5.74) is 1.02. The van der Waals surface area contributed by atoms with E-state index in [4.69, 9.17) is 0 Å². The number of carbonyl (C=O) groups is 1. The maximum atomic E-state index is 11.3. The van der Waals surface area contributed by atoms with E-state index in [2.05, 4.69) is 0 Å². The van der Waals surface area contributed by atoms with Gasteiger partial charge in [0.15, 0.2) is 0 Å². The molecule has 0 saturated carbocycles. The van der Waals surface area contributed by atoms with Gasteiger partial charge in [0.1, 0.15) is 0 Å². The van der Waals surface area contributed by atoms with E-state index in [1.165, 1.54) is 6.92 Å². The number of sulfonamides is 1. The van der Waals surface area contributed by atoms with Crippen LogP contribution in [-0.2, 0) is 21.2 Å². The summed E-state index contributed by atoms with van der Waals surface area (Å²) >= 11 is 0. The van der Waals surface area contributed by atoms with E-state index in [9.17, 15) is 13.2 Å². The van der Waals surface area contributed by atoms with Crippen LogP contribution in [0.4, 0.5) is 0 Å². The van der Waals surface area contributed by atoms with Gasteiger partial charge >= 0.3 is 0 Å². The highest BCUT2D eigenvalue weighted by atomic mass is 32.2. The van der Waals surface area contributed by atoms with E-state index in [1.54, 1.807) is 0 Å². The SMILES string of the molecule is CCS(=O)(=O)NC(=O)CCc1ccccc1.[HH]. The van der Waals surface area contributed by atoms with Crippen molar-refractivity contribution >= 4 is 15.9 Å². The number of aryl methyl sites for hydroxylation is 1. The van der Waals surface area contributed by atoms with Crippen LogP contribution in [0.15, 0.2) is 30.3 Å². The topological polar surface area (TPSA) is 63.2 Å². The molecule has 90 valence electrons. The number of nitrogens with one attached hydrogen (secondary N) is 1. The number of rotatable bonds is 5. The van der Waals surface area contributed by atoms with Gasteiger partial charge < -0.3 is 0 Å². The van der Waals surface area contributed by atoms with Crippen LogP contribution in [-0.4, -0.2) is 20.1 Å². The fourth-order valence-electron chi connectivity index (χ4n) is 1.20. The van der Waals surface area contributed by atoms with Gasteiger partial charge in [-0.15, -0.1) is 0 Å². The summed E-state index contributed by atoms with van der Waals surface area (Å²) < 4.78 is 24.2. The Morgan fingerprint density at radius 2 is 1.94 bits per heavy atom. The van der Waals surface area contributed by atoms with E-state index in [0.29, 0.717) is 6.42 Å². The maximum Gasteiger partial charge on any atom is 0.234 e. The lowest BCUT2D eigenvalue weighted by molar-refractivity contribution is -0.119. The molecular weight excluding hydrogens is 226 g/mol. The Kier molecular flexibility index (Phi) is 4.49. The van der Waals surface area contributed by atoms with Crippen LogP contribution in [0.1, 0.15) is 20.3 Å². The Morgan fingerprint density at radius 3 is 2.50 bits per heavy atom. The number of hydrogen-bond acceptors (Lipinski definition) is 3. The fourth-order valence-corrected chi connectivity index (χ4v) is 1.79. The first-order valence-electron chi connectivity index (χ1n) is 5.11. The summed E-state index contributed by atoms with van der Waals surface area (Å²) in [5, 5.41) is 0. The molecule has 0 spiro atoms. The van der Waals surface area contributed by atoms with Gasteiger partial charge in [0.2, 0.25) is 15.9 Å². The zero-order valence-electron chi connectivity index (χ0n) is 9.14. The van der Waals surface area contributed by atoms with Crippen molar-refractivity contribution < 1.29 is 14.6 Å². The lowest BCUT2D eigenvalue weighted by Crippen LogP contribution is -2.31. The van der Waals surface area contributed by atoms with E-state index in [1.807, 2.05) is 35.1 Å². The van der Waals surface area contributed by atoms with Crippen molar-refractivity contribution in [2.75, 3.05) is 5.75 Å². The molecule has 16 heavy (non-hydrogen) atoms. The van der Waals surface area contributed by atoms with Gasteiger partial charge in [0.05, 0.1) is 5.75 Å². The highest BCUT2D eigenvalue weighted by Gasteiger charge is 2.11. The summed E-state index contributed by atoms with van der Waals surface area (Å²) in [7, 11) is -3.42. The van der Waals surface area contributed by atoms with Crippen molar-refractivity contribution in [2.45, 2.75) is 19.8 Å². The Hall–Kier alpha value is -1.36. The largest absolute Gasteiger partial charge is 0.274 e. The molecule has 1 amide bonds. The lowest BCUT2D eigenvalue weighted by atomic mass is 10.1. The third kappa shape index (κ3) is 4.44. The van der Waals surface area contributed by atoms with Crippen LogP contribution in [0.3, 0.4) is 0 Å². The smallest absolute Gasteiger partial charge is 0.234 e. The second kappa shape index (κ2) is 5.65. The average molecular weight is 243 g/mol. The van der Waals surface area contributed by atoms with Gasteiger partial charge in [0, 0.05) is 7.85 Å². The first kappa shape index (κ1) is 12.7. The molecule has 1 aromatic rings. The van der Waals surface area contributed by atoms with Gasteiger partial charge in [-0.2, -0.15) is 0 Å². The van der Waals surface area contributed by atoms with E-state index in [-0.39, 0.29) is 13.6 Å². The molecule has 0 atom stereocenters. The Bertz CT molecular complexity index is 445. The molecule has 1 rings (SSSR count). The molecule has 1 N–H and O–H groups in total. The summed E-state index contributed by atoms with van der Waals surface area (Å²) in [6, 6.07) is 9.47. The molecule has 0 bridgehead atoms. The minimum atomic E-state index is -3.42. The molecular formula is C11H17NO3S. The van der Waals surface area contributed by atoms with Crippen molar-refractivity contribution in [3.8, 4) is 0 Å². The number of hydrogen-bond donors (Lipinski definition) is 1. The quantitative estimate of drug-likeness (QED) is 0.848. The Morgan fingerprint density at radius 1 is 1.31 bits per heavy atom. The van der Waals surface area contributed by atoms with Crippen LogP contribution in [0.25, 0.3) is 0 Å². The Labute approximate surface area is 97.2 Å². The summed E-state index contributed by atoms with van der Waals surface area (Å²) in [5.74, 6) is -0.532. The van der Waals surface area contributed by atoms with Crippen LogP contribution in [0.5, 0.6) is 0 Å². The van der Waals surface area contributed by atoms with Gasteiger partial charge in [-0.05, 0) is 18.9 Å². The predicted octanol–water partition coefficient (Wildman–Crippen LogP) is 1.33. The van der Waals surface area contributed by atoms with Crippen molar-refractivity contribution in [1.82, 2.24) is 4.72 Å². The van der Waals surface area contributed by atoms with Crippen molar-refractivity contribution in [1.29, 1.82) is 0 Å². The number of benzene rings is 1. The summed E-state index contributed by atoms with van der Waals surface area (Å²) in [4.78, 5) is 11.3. The molecule has 0 aliphatic heterocycles. The minimum absolute atomic E-state index is 0.